The lowest BCUT2D eigenvalue weighted by molar-refractivity contribution is -0.123. The summed E-state index contributed by atoms with van der Waals surface area (Å²) in [6.45, 7) is 5.86. The maximum atomic E-state index is 12.1. The molecule has 0 spiro atoms. The molecule has 4 atom stereocenters. The molecule has 0 heterocycles. The number of unbranched alkanes of at least 4 members (excludes halogenated alkanes) is 4. The zero-order chi connectivity index (χ0) is 19.1. The van der Waals surface area contributed by atoms with Gasteiger partial charge in [0.15, 0.2) is 0 Å². The fourth-order valence-electron chi connectivity index (χ4n) is 2.88. The summed E-state index contributed by atoms with van der Waals surface area (Å²) in [5.74, 6) is -0.580. The number of nitrogens with one attached hydrogen (secondary N) is 1. The monoisotopic (exact) mass is 353 g/mol. The Morgan fingerprint density at radius 1 is 1.04 bits per heavy atom. The highest BCUT2D eigenvalue weighted by Crippen LogP contribution is 2.23. The Labute approximate surface area is 154 Å². The summed E-state index contributed by atoms with van der Waals surface area (Å²) in [7, 11) is 1.68. The van der Waals surface area contributed by atoms with Crippen LogP contribution in [0.1, 0.15) is 72.1 Å². The number of hydrogen-bond acceptors (Lipinski definition) is 4. The van der Waals surface area contributed by atoms with Crippen molar-refractivity contribution in [3.05, 3.63) is 24.3 Å². The van der Waals surface area contributed by atoms with Crippen LogP contribution in [0, 0.1) is 11.8 Å². The average molecular weight is 354 g/mol. The van der Waals surface area contributed by atoms with Crippen LogP contribution < -0.4 is 5.32 Å². The van der Waals surface area contributed by atoms with Gasteiger partial charge in [0.2, 0.25) is 0 Å². The number of allylic oxidation sites excluding steroid dienone is 2. The number of aliphatic hydroxyl groups is 2. The van der Waals surface area contributed by atoms with E-state index in [-0.39, 0.29) is 17.6 Å². The fraction of sp³-hybridized carbons (Fsp3) is 0.762. The van der Waals surface area contributed by atoms with Crippen molar-refractivity contribution in [2.45, 2.75) is 84.5 Å². The van der Waals surface area contributed by atoms with Crippen LogP contribution >= 0.6 is 0 Å². The van der Waals surface area contributed by atoms with Crippen LogP contribution in [0.2, 0.25) is 0 Å². The van der Waals surface area contributed by atoms with Crippen molar-refractivity contribution in [1.29, 1.82) is 0 Å². The first-order chi connectivity index (χ1) is 12.0. The van der Waals surface area contributed by atoms with E-state index in [4.69, 9.17) is 0 Å². The molecule has 0 aromatic rings. The molecule has 3 N–H and O–H groups in total. The van der Waals surface area contributed by atoms with Crippen LogP contribution in [-0.4, -0.2) is 35.4 Å². The molecule has 146 valence electrons. The van der Waals surface area contributed by atoms with Gasteiger partial charge in [-0.25, -0.2) is 0 Å². The smallest absolute Gasteiger partial charge is 0.133 e. The summed E-state index contributed by atoms with van der Waals surface area (Å²) in [6.07, 6.45) is 14.2. The van der Waals surface area contributed by atoms with Crippen molar-refractivity contribution in [2.24, 2.45) is 11.8 Å². The third kappa shape index (κ3) is 11.3. The topological polar surface area (TPSA) is 69.6 Å². The van der Waals surface area contributed by atoms with Gasteiger partial charge in [0.1, 0.15) is 12.0 Å². The lowest BCUT2D eigenvalue weighted by Crippen LogP contribution is -2.38. The SMILES string of the molecule is CCCC/C=C\CC(C(C)=O)C(/C=C/C(O)CCCCC)C(O)NC. The zero-order valence-electron chi connectivity index (χ0n) is 16.6. The molecule has 0 amide bonds. The molecule has 0 aliphatic carbocycles. The molecule has 0 rings (SSSR count). The molecular weight excluding hydrogens is 314 g/mol. The Kier molecular flexibility index (Phi) is 14.7. The highest BCUT2D eigenvalue weighted by Gasteiger charge is 2.28. The van der Waals surface area contributed by atoms with E-state index in [0.717, 1.165) is 38.5 Å². The lowest BCUT2D eigenvalue weighted by Gasteiger charge is -2.26. The first kappa shape index (κ1) is 24.0. The maximum Gasteiger partial charge on any atom is 0.133 e. The second-order valence-corrected chi connectivity index (χ2v) is 6.83. The van der Waals surface area contributed by atoms with Crippen molar-refractivity contribution in [3.63, 3.8) is 0 Å². The predicted molar refractivity (Wildman–Crippen MR) is 105 cm³/mol. The van der Waals surface area contributed by atoms with Gasteiger partial charge < -0.3 is 10.2 Å². The van der Waals surface area contributed by atoms with Crippen molar-refractivity contribution < 1.29 is 15.0 Å². The molecule has 0 radical (unpaired) electrons. The minimum Gasteiger partial charge on any atom is -0.389 e. The highest BCUT2D eigenvalue weighted by molar-refractivity contribution is 5.79. The van der Waals surface area contributed by atoms with Crippen molar-refractivity contribution in [3.8, 4) is 0 Å². The number of aliphatic hydroxyl groups excluding tert-OH is 2. The van der Waals surface area contributed by atoms with E-state index in [9.17, 15) is 15.0 Å². The van der Waals surface area contributed by atoms with Crippen LogP contribution in [0.15, 0.2) is 24.3 Å². The minimum absolute atomic E-state index is 0.0598. The Morgan fingerprint density at radius 3 is 2.28 bits per heavy atom. The summed E-state index contributed by atoms with van der Waals surface area (Å²) >= 11 is 0. The summed E-state index contributed by atoms with van der Waals surface area (Å²) in [6, 6.07) is 0. The first-order valence-electron chi connectivity index (χ1n) is 9.85. The number of ketones is 1. The predicted octanol–water partition coefficient (Wildman–Crippen LogP) is 3.98. The Hall–Kier alpha value is -0.970. The molecule has 0 aliphatic heterocycles. The molecule has 0 aliphatic rings. The molecule has 0 aromatic heterocycles. The van der Waals surface area contributed by atoms with E-state index in [2.05, 4.69) is 25.2 Å². The van der Waals surface area contributed by atoms with Gasteiger partial charge in [0, 0.05) is 11.8 Å². The Bertz CT molecular complexity index is 393. The minimum atomic E-state index is -0.808. The molecule has 4 heteroatoms. The third-order valence-electron chi connectivity index (χ3n) is 4.59. The van der Waals surface area contributed by atoms with Gasteiger partial charge in [0.25, 0.3) is 0 Å². The normalized spacial score (nSPS) is 17.0. The maximum absolute atomic E-state index is 12.1. The van der Waals surface area contributed by atoms with Gasteiger partial charge >= 0.3 is 0 Å². The van der Waals surface area contributed by atoms with Crippen LogP contribution in [0.3, 0.4) is 0 Å². The molecular formula is C21H39NO3. The summed E-state index contributed by atoms with van der Waals surface area (Å²) in [5.41, 5.74) is 0. The van der Waals surface area contributed by atoms with Crippen LogP contribution in [-0.2, 0) is 4.79 Å². The van der Waals surface area contributed by atoms with Gasteiger partial charge in [0.05, 0.1) is 6.10 Å². The molecule has 0 saturated carbocycles. The third-order valence-corrected chi connectivity index (χ3v) is 4.59. The van der Waals surface area contributed by atoms with E-state index < -0.39 is 12.3 Å². The summed E-state index contributed by atoms with van der Waals surface area (Å²) in [4.78, 5) is 12.1. The molecule has 0 fully saturated rings. The summed E-state index contributed by atoms with van der Waals surface area (Å²) in [5, 5.41) is 23.2. The van der Waals surface area contributed by atoms with Crippen molar-refractivity contribution in [1.82, 2.24) is 5.32 Å². The van der Waals surface area contributed by atoms with E-state index in [1.165, 1.54) is 0 Å². The number of rotatable bonds is 15. The number of carbonyl (C=O) groups excluding carboxylic acids is 1. The quantitative estimate of drug-likeness (QED) is 0.237. The summed E-state index contributed by atoms with van der Waals surface area (Å²) < 4.78 is 0. The van der Waals surface area contributed by atoms with Crippen molar-refractivity contribution in [2.75, 3.05) is 7.05 Å². The second kappa shape index (κ2) is 15.3. The van der Waals surface area contributed by atoms with Crippen LogP contribution in [0.4, 0.5) is 0 Å². The van der Waals surface area contributed by atoms with Crippen LogP contribution in [0.25, 0.3) is 0 Å². The highest BCUT2D eigenvalue weighted by atomic mass is 16.3. The van der Waals surface area contributed by atoms with Crippen LogP contribution in [0.5, 0.6) is 0 Å². The molecule has 0 saturated heterocycles. The first-order valence-corrected chi connectivity index (χ1v) is 9.85. The fourth-order valence-corrected chi connectivity index (χ4v) is 2.88. The standard InChI is InChI=1S/C21H39NO3/c1-5-7-9-10-12-14-19(17(3)23)20(21(25)22-4)16-15-18(24)13-11-8-6-2/h10,12,15-16,18-22,24-25H,5-9,11,13-14H2,1-4H3/b12-10-,16-15+. The number of carbonyl (C=O) groups is 1. The zero-order valence-corrected chi connectivity index (χ0v) is 16.6. The second-order valence-electron chi connectivity index (χ2n) is 6.83. The van der Waals surface area contributed by atoms with Gasteiger partial charge in [-0.2, -0.15) is 0 Å². The van der Waals surface area contributed by atoms with E-state index in [0.29, 0.717) is 12.8 Å². The number of hydrogen-bond donors (Lipinski definition) is 3. The molecule has 0 aromatic carbocycles. The largest absolute Gasteiger partial charge is 0.389 e. The average Bonchev–Trinajstić information content (AvgIpc) is 2.59. The molecule has 25 heavy (non-hydrogen) atoms. The van der Waals surface area contributed by atoms with Crippen molar-refractivity contribution >= 4 is 5.78 Å². The van der Waals surface area contributed by atoms with Gasteiger partial charge in [-0.15, -0.1) is 0 Å². The Morgan fingerprint density at radius 2 is 1.72 bits per heavy atom. The van der Waals surface area contributed by atoms with E-state index in [1.807, 2.05) is 12.2 Å². The van der Waals surface area contributed by atoms with E-state index >= 15 is 0 Å². The number of Topliss-reactive ketones (excluding diaryl/α,β-unsaturated/α-hetero) is 1. The van der Waals surface area contributed by atoms with Gasteiger partial charge in [-0.3, -0.25) is 10.1 Å². The van der Waals surface area contributed by atoms with Gasteiger partial charge in [-0.05, 0) is 33.2 Å². The van der Waals surface area contributed by atoms with Gasteiger partial charge in [-0.1, -0.05) is 70.3 Å². The molecule has 0 bridgehead atoms. The lowest BCUT2D eigenvalue weighted by atomic mass is 9.84. The van der Waals surface area contributed by atoms with E-state index in [1.54, 1.807) is 20.0 Å². The molecule has 4 unspecified atom stereocenters. The molecule has 4 nitrogen and oxygen atoms in total. The Balaban J connectivity index is 4.91.